The van der Waals surface area contributed by atoms with Gasteiger partial charge >= 0.3 is 6.02 Å². The van der Waals surface area contributed by atoms with E-state index in [4.69, 9.17) is 5.41 Å². The third-order valence-corrected chi connectivity index (χ3v) is 3.69. The molecule has 2 aliphatic rings. The fourth-order valence-electron chi connectivity index (χ4n) is 2.35. The van der Waals surface area contributed by atoms with Crippen molar-refractivity contribution in [3.8, 4) is 0 Å². The number of aliphatic hydroxyl groups excluding tert-OH is 1. The summed E-state index contributed by atoms with van der Waals surface area (Å²) in [5.74, 6) is 2.46. The van der Waals surface area contributed by atoms with E-state index < -0.39 is 0 Å². The summed E-state index contributed by atoms with van der Waals surface area (Å²) in [4.78, 5) is 3.90. The maximum atomic E-state index is 9.57. The van der Waals surface area contributed by atoms with Crippen LogP contribution >= 0.6 is 0 Å². The van der Waals surface area contributed by atoms with Crippen LogP contribution in [0.2, 0.25) is 0 Å². The summed E-state index contributed by atoms with van der Waals surface area (Å²) in [5.41, 5.74) is 2.95. The number of allylic oxidation sites excluding steroid dienone is 1. The minimum Gasteiger partial charge on any atom is -0.479 e. The highest BCUT2D eigenvalue weighted by atomic mass is 16.3. The van der Waals surface area contributed by atoms with Crippen LogP contribution in [0.3, 0.4) is 0 Å². The van der Waals surface area contributed by atoms with Gasteiger partial charge in [-0.15, -0.1) is 0 Å². The first-order valence-electron chi connectivity index (χ1n) is 6.73. The Morgan fingerprint density at radius 3 is 2.94 bits per heavy atom. The Balaban J connectivity index is 1.58. The molecule has 0 spiro atoms. The van der Waals surface area contributed by atoms with Gasteiger partial charge in [-0.2, -0.15) is 4.99 Å². The first-order valence-corrected chi connectivity index (χ1v) is 6.73. The number of nitrogens with zero attached hydrogens (tertiary/aromatic N) is 2. The molecule has 0 aromatic carbocycles. The van der Waals surface area contributed by atoms with Gasteiger partial charge in [0.15, 0.2) is 5.82 Å². The average molecular weight is 250 g/mol. The second-order valence-corrected chi connectivity index (χ2v) is 5.22. The van der Waals surface area contributed by atoms with Crippen molar-refractivity contribution in [1.82, 2.24) is 10.4 Å². The number of aliphatic hydroxyl groups is 1. The molecule has 2 rings (SSSR count). The highest BCUT2D eigenvalue weighted by molar-refractivity contribution is 5.77. The molecule has 0 saturated heterocycles. The van der Waals surface area contributed by atoms with E-state index in [1.807, 2.05) is 0 Å². The number of hydrogen-bond acceptors (Lipinski definition) is 4. The fraction of sp³-hybridized carbons (Fsp3) is 0.692. The molecule has 0 aromatic rings. The van der Waals surface area contributed by atoms with Crippen LogP contribution in [0.15, 0.2) is 16.9 Å². The van der Waals surface area contributed by atoms with E-state index in [1.165, 1.54) is 31.8 Å². The van der Waals surface area contributed by atoms with Crippen LogP contribution in [0.1, 0.15) is 39.0 Å². The Morgan fingerprint density at radius 1 is 1.50 bits per heavy atom. The lowest BCUT2D eigenvalue weighted by Gasteiger charge is -2.16. The summed E-state index contributed by atoms with van der Waals surface area (Å²) < 4.78 is 0. The maximum Gasteiger partial charge on any atom is 0.310 e. The molecule has 0 amide bonds. The second kappa shape index (κ2) is 5.89. The Bertz CT molecular complexity index is 364. The van der Waals surface area contributed by atoms with Crippen molar-refractivity contribution in [2.45, 2.75) is 39.0 Å². The molecule has 0 radical (unpaired) electrons. The van der Waals surface area contributed by atoms with Gasteiger partial charge in [0.05, 0.1) is 0 Å². The van der Waals surface area contributed by atoms with Crippen molar-refractivity contribution < 1.29 is 5.11 Å². The molecule has 1 unspecified atom stereocenters. The fourth-order valence-corrected chi connectivity index (χ4v) is 2.35. The first kappa shape index (κ1) is 12.9. The van der Waals surface area contributed by atoms with Gasteiger partial charge < -0.3 is 10.5 Å². The summed E-state index contributed by atoms with van der Waals surface area (Å²) in [5, 5.41) is 18.2. The van der Waals surface area contributed by atoms with Gasteiger partial charge in [-0.05, 0) is 30.8 Å². The number of nitrogens with one attached hydrogen (secondary N) is 2. The van der Waals surface area contributed by atoms with Crippen LogP contribution < -0.4 is 5.43 Å². The van der Waals surface area contributed by atoms with Crippen molar-refractivity contribution >= 4 is 12.2 Å². The molecule has 1 heterocycles. The molecule has 1 aliphatic heterocycles. The number of hydrogen-bond donors (Lipinski definition) is 3. The second-order valence-electron chi connectivity index (χ2n) is 5.22. The van der Waals surface area contributed by atoms with E-state index in [0.717, 1.165) is 31.0 Å². The summed E-state index contributed by atoms with van der Waals surface area (Å²) in [6.07, 6.45) is 8.96. The van der Waals surface area contributed by atoms with Gasteiger partial charge in [0.25, 0.3) is 0 Å². The number of amidine groups is 1. The van der Waals surface area contributed by atoms with Crippen LogP contribution in [-0.4, -0.2) is 28.9 Å². The Labute approximate surface area is 108 Å². The minimum absolute atomic E-state index is 0.00100. The lowest BCUT2D eigenvalue weighted by Crippen LogP contribution is -2.37. The Morgan fingerprint density at radius 2 is 2.28 bits per heavy atom. The van der Waals surface area contributed by atoms with Crippen LogP contribution in [0.5, 0.6) is 0 Å². The zero-order valence-corrected chi connectivity index (χ0v) is 10.9. The maximum absolute atomic E-state index is 9.57. The SMILES string of the molecule is CC1C[C@H]1CCCCCN1N/C(=C\C=N)N=C1O. The summed E-state index contributed by atoms with van der Waals surface area (Å²) >= 11 is 0. The average Bonchev–Trinajstić information content (AvgIpc) is 2.91. The summed E-state index contributed by atoms with van der Waals surface area (Å²) in [6.45, 7) is 3.08. The molecule has 0 aromatic heterocycles. The molecular formula is C13H22N4O. The monoisotopic (exact) mass is 250 g/mol. The van der Waals surface area contributed by atoms with Gasteiger partial charge in [-0.25, -0.2) is 5.01 Å². The number of hydrazine groups is 1. The number of rotatable bonds is 7. The highest BCUT2D eigenvalue weighted by Gasteiger charge is 2.31. The van der Waals surface area contributed by atoms with E-state index >= 15 is 0 Å². The molecule has 0 bridgehead atoms. The first-order chi connectivity index (χ1) is 8.70. The summed E-state index contributed by atoms with van der Waals surface area (Å²) in [6, 6.07) is -0.00100. The molecule has 1 aliphatic carbocycles. The molecule has 2 atom stereocenters. The van der Waals surface area contributed by atoms with Gasteiger partial charge in [-0.1, -0.05) is 26.2 Å². The minimum atomic E-state index is -0.00100. The predicted molar refractivity (Wildman–Crippen MR) is 72.5 cm³/mol. The Kier molecular flexibility index (Phi) is 4.23. The molecule has 100 valence electrons. The number of aliphatic imine (C=N–C) groups is 1. The molecule has 3 N–H and O–H groups in total. The zero-order chi connectivity index (χ0) is 13.0. The molecule has 1 saturated carbocycles. The van der Waals surface area contributed by atoms with Crippen LogP contribution in [0.4, 0.5) is 0 Å². The predicted octanol–water partition coefficient (Wildman–Crippen LogP) is 2.43. The van der Waals surface area contributed by atoms with Gasteiger partial charge in [0, 0.05) is 12.8 Å². The normalized spacial score (nSPS) is 28.2. The largest absolute Gasteiger partial charge is 0.479 e. The smallest absolute Gasteiger partial charge is 0.310 e. The highest BCUT2D eigenvalue weighted by Crippen LogP contribution is 2.41. The van der Waals surface area contributed by atoms with Gasteiger partial charge in [0.1, 0.15) is 0 Å². The summed E-state index contributed by atoms with van der Waals surface area (Å²) in [7, 11) is 0. The zero-order valence-electron chi connectivity index (χ0n) is 10.9. The molecule has 18 heavy (non-hydrogen) atoms. The van der Waals surface area contributed by atoms with Crippen LogP contribution in [0, 0.1) is 17.2 Å². The molecular weight excluding hydrogens is 228 g/mol. The van der Waals surface area contributed by atoms with Crippen molar-refractivity contribution in [3.05, 3.63) is 11.9 Å². The Hall–Kier alpha value is -1.52. The van der Waals surface area contributed by atoms with E-state index in [9.17, 15) is 5.11 Å². The third-order valence-electron chi connectivity index (χ3n) is 3.69. The standard InChI is InChI=1S/C13H22N4O/c1-10-9-11(10)5-3-2-4-8-17-13(18)15-12(16-17)6-7-14/h6-7,10-11,14,16H,2-5,8-9H2,1H3,(H,15,18)/b12-6-,14-7?/t10?,11-/m1/s1. The van der Waals surface area contributed by atoms with Gasteiger partial charge in [0.2, 0.25) is 0 Å². The van der Waals surface area contributed by atoms with Crippen molar-refractivity contribution in [2.75, 3.05) is 6.54 Å². The lowest BCUT2D eigenvalue weighted by atomic mass is 10.1. The van der Waals surface area contributed by atoms with Crippen molar-refractivity contribution in [3.63, 3.8) is 0 Å². The van der Waals surface area contributed by atoms with Gasteiger partial charge in [-0.3, -0.25) is 5.43 Å². The number of unbranched alkanes of at least 4 members (excludes halogenated alkanes) is 2. The molecule has 5 heteroatoms. The van der Waals surface area contributed by atoms with E-state index in [0.29, 0.717) is 5.82 Å². The van der Waals surface area contributed by atoms with E-state index in [1.54, 1.807) is 5.01 Å². The van der Waals surface area contributed by atoms with E-state index in [-0.39, 0.29) is 6.02 Å². The van der Waals surface area contributed by atoms with Crippen molar-refractivity contribution in [1.29, 1.82) is 5.41 Å². The van der Waals surface area contributed by atoms with Crippen molar-refractivity contribution in [2.24, 2.45) is 16.8 Å². The molecule has 5 nitrogen and oxygen atoms in total. The quantitative estimate of drug-likeness (QED) is 0.480. The third kappa shape index (κ3) is 3.48. The topological polar surface area (TPSA) is 71.7 Å². The lowest BCUT2D eigenvalue weighted by molar-refractivity contribution is 0.294. The molecule has 1 fully saturated rings. The van der Waals surface area contributed by atoms with Crippen LogP contribution in [0.25, 0.3) is 0 Å². The van der Waals surface area contributed by atoms with E-state index in [2.05, 4.69) is 17.3 Å². The van der Waals surface area contributed by atoms with Crippen LogP contribution in [-0.2, 0) is 0 Å².